The first-order valence-corrected chi connectivity index (χ1v) is 3.74. The largest absolute Gasteiger partial charge is 0.469 e. The molecule has 2 nitrogen and oxygen atoms in total. The van der Waals surface area contributed by atoms with E-state index in [9.17, 15) is 4.79 Å². The van der Waals surface area contributed by atoms with Gasteiger partial charge >= 0.3 is 0 Å². The number of rotatable bonds is 3. The highest BCUT2D eigenvalue weighted by molar-refractivity contribution is 5.60. The van der Waals surface area contributed by atoms with Gasteiger partial charge in [0, 0.05) is 0 Å². The third-order valence-corrected chi connectivity index (χ3v) is 1.74. The second kappa shape index (κ2) is 3.37. The molecule has 0 saturated heterocycles. The van der Waals surface area contributed by atoms with Gasteiger partial charge in [-0.15, -0.1) is 0 Å². The van der Waals surface area contributed by atoms with Crippen LogP contribution in [-0.4, -0.2) is 6.29 Å². The monoisotopic (exact) mass is 152 g/mol. The summed E-state index contributed by atoms with van der Waals surface area (Å²) >= 11 is 0. The quantitative estimate of drug-likeness (QED) is 0.621. The molecule has 11 heavy (non-hydrogen) atoms. The van der Waals surface area contributed by atoms with E-state index in [1.165, 1.54) is 0 Å². The average Bonchev–Trinajstić information content (AvgIpc) is 2.40. The molecule has 0 aliphatic carbocycles. The average molecular weight is 152 g/mol. The van der Waals surface area contributed by atoms with Crippen LogP contribution >= 0.6 is 0 Å². The summed E-state index contributed by atoms with van der Waals surface area (Å²) in [5.41, 5.74) is 0. The summed E-state index contributed by atoms with van der Waals surface area (Å²) in [6.45, 7) is 4.00. The van der Waals surface area contributed by atoms with Gasteiger partial charge in [0.05, 0.1) is 12.2 Å². The molecule has 1 atom stereocenters. The maximum atomic E-state index is 10.6. The van der Waals surface area contributed by atoms with Crippen molar-refractivity contribution >= 4 is 6.29 Å². The fourth-order valence-corrected chi connectivity index (χ4v) is 1.03. The fraction of sp³-hybridized carbons (Fsp3) is 0.444. The molecule has 0 aliphatic rings. The highest BCUT2D eigenvalue weighted by Crippen LogP contribution is 2.21. The van der Waals surface area contributed by atoms with Gasteiger partial charge in [-0.25, -0.2) is 0 Å². The molecule has 0 saturated carbocycles. The maximum absolute atomic E-state index is 10.6. The first-order chi connectivity index (χ1) is 5.25. The van der Waals surface area contributed by atoms with Crippen molar-refractivity contribution in [2.75, 3.05) is 0 Å². The Kier molecular flexibility index (Phi) is 2.47. The molecule has 1 heterocycles. The summed E-state index contributed by atoms with van der Waals surface area (Å²) in [6, 6.07) is 3.63. The number of furan rings is 1. The lowest BCUT2D eigenvalue weighted by atomic mass is 9.95. The Morgan fingerprint density at radius 2 is 2.27 bits per heavy atom. The molecule has 0 bridgehead atoms. The third kappa shape index (κ3) is 1.70. The Balaban J connectivity index is 2.79. The standard InChI is InChI=1S/C9H12O2/c1-7(2)8(6-10)9-4-3-5-11-9/h3-8H,1-2H3. The number of aldehydes is 1. The molecule has 0 N–H and O–H groups in total. The maximum Gasteiger partial charge on any atom is 0.130 e. The molecule has 0 fully saturated rings. The van der Waals surface area contributed by atoms with Crippen LogP contribution in [0.3, 0.4) is 0 Å². The van der Waals surface area contributed by atoms with Gasteiger partial charge in [0.15, 0.2) is 0 Å². The fourth-order valence-electron chi connectivity index (χ4n) is 1.03. The van der Waals surface area contributed by atoms with E-state index in [-0.39, 0.29) is 5.92 Å². The smallest absolute Gasteiger partial charge is 0.130 e. The van der Waals surface area contributed by atoms with E-state index < -0.39 is 0 Å². The first-order valence-electron chi connectivity index (χ1n) is 3.74. The Hall–Kier alpha value is -1.05. The van der Waals surface area contributed by atoms with Crippen molar-refractivity contribution in [3.63, 3.8) is 0 Å². The number of carbonyl (C=O) groups excluding carboxylic acids is 1. The number of carbonyl (C=O) groups is 1. The Bertz CT molecular complexity index is 211. The van der Waals surface area contributed by atoms with Gasteiger partial charge in [0.2, 0.25) is 0 Å². The van der Waals surface area contributed by atoms with Crippen molar-refractivity contribution in [3.8, 4) is 0 Å². The van der Waals surface area contributed by atoms with Crippen LogP contribution in [0.5, 0.6) is 0 Å². The molecule has 60 valence electrons. The number of hydrogen-bond donors (Lipinski definition) is 0. The molecule has 1 aromatic heterocycles. The minimum absolute atomic E-state index is 0.0926. The summed E-state index contributed by atoms with van der Waals surface area (Å²) in [5.74, 6) is 0.971. The van der Waals surface area contributed by atoms with E-state index in [2.05, 4.69) is 0 Å². The van der Waals surface area contributed by atoms with Crippen molar-refractivity contribution in [1.29, 1.82) is 0 Å². The highest BCUT2D eigenvalue weighted by atomic mass is 16.3. The molecule has 0 radical (unpaired) electrons. The Morgan fingerprint density at radius 1 is 1.55 bits per heavy atom. The van der Waals surface area contributed by atoms with Crippen molar-refractivity contribution in [3.05, 3.63) is 24.2 Å². The second-order valence-electron chi connectivity index (χ2n) is 2.92. The zero-order chi connectivity index (χ0) is 8.27. The van der Waals surface area contributed by atoms with Gasteiger partial charge in [0.1, 0.15) is 12.0 Å². The van der Waals surface area contributed by atoms with Gasteiger partial charge in [-0.05, 0) is 18.1 Å². The summed E-state index contributed by atoms with van der Waals surface area (Å²) in [5, 5.41) is 0. The molecule has 1 aromatic rings. The van der Waals surface area contributed by atoms with E-state index >= 15 is 0 Å². The van der Waals surface area contributed by atoms with Crippen LogP contribution in [0.25, 0.3) is 0 Å². The SMILES string of the molecule is CC(C)C(C=O)c1ccco1. The van der Waals surface area contributed by atoms with Crippen LogP contribution in [0.1, 0.15) is 25.5 Å². The van der Waals surface area contributed by atoms with Crippen molar-refractivity contribution in [2.45, 2.75) is 19.8 Å². The van der Waals surface area contributed by atoms with E-state index in [1.807, 2.05) is 19.9 Å². The lowest BCUT2D eigenvalue weighted by Gasteiger charge is -2.09. The summed E-state index contributed by atoms with van der Waals surface area (Å²) in [6.07, 6.45) is 2.53. The topological polar surface area (TPSA) is 30.2 Å². The van der Waals surface area contributed by atoms with E-state index in [1.54, 1.807) is 12.3 Å². The molecule has 0 aliphatic heterocycles. The van der Waals surface area contributed by atoms with Gasteiger partial charge in [-0.1, -0.05) is 13.8 Å². The van der Waals surface area contributed by atoms with Crippen molar-refractivity contribution < 1.29 is 9.21 Å². The molecule has 2 heteroatoms. The second-order valence-corrected chi connectivity index (χ2v) is 2.92. The normalized spacial score (nSPS) is 13.4. The minimum Gasteiger partial charge on any atom is -0.469 e. The van der Waals surface area contributed by atoms with Gasteiger partial charge in [-0.2, -0.15) is 0 Å². The molecule has 0 aromatic carbocycles. The lowest BCUT2D eigenvalue weighted by molar-refractivity contribution is -0.110. The minimum atomic E-state index is -0.0926. The number of hydrogen-bond acceptors (Lipinski definition) is 2. The van der Waals surface area contributed by atoms with Gasteiger partial charge in [0.25, 0.3) is 0 Å². The Morgan fingerprint density at radius 3 is 2.64 bits per heavy atom. The van der Waals surface area contributed by atoms with Gasteiger partial charge in [-0.3, -0.25) is 0 Å². The third-order valence-electron chi connectivity index (χ3n) is 1.74. The summed E-state index contributed by atoms with van der Waals surface area (Å²) in [4.78, 5) is 10.6. The molecule has 1 unspecified atom stereocenters. The zero-order valence-electron chi connectivity index (χ0n) is 6.78. The zero-order valence-corrected chi connectivity index (χ0v) is 6.78. The van der Waals surface area contributed by atoms with Crippen LogP contribution < -0.4 is 0 Å². The van der Waals surface area contributed by atoms with Crippen LogP contribution in [-0.2, 0) is 4.79 Å². The van der Waals surface area contributed by atoms with E-state index in [0.29, 0.717) is 5.92 Å². The molecule has 0 amide bonds. The van der Waals surface area contributed by atoms with Crippen LogP contribution in [0.4, 0.5) is 0 Å². The van der Waals surface area contributed by atoms with Gasteiger partial charge < -0.3 is 9.21 Å². The van der Waals surface area contributed by atoms with Crippen LogP contribution in [0.2, 0.25) is 0 Å². The van der Waals surface area contributed by atoms with Crippen LogP contribution in [0.15, 0.2) is 22.8 Å². The first kappa shape index (κ1) is 8.05. The predicted octanol–water partition coefficient (Wildman–Crippen LogP) is 2.22. The molecular formula is C9H12O2. The lowest BCUT2D eigenvalue weighted by Crippen LogP contribution is -2.06. The molecule has 1 rings (SSSR count). The van der Waals surface area contributed by atoms with Crippen LogP contribution in [0, 0.1) is 5.92 Å². The Labute approximate surface area is 66.2 Å². The highest BCUT2D eigenvalue weighted by Gasteiger charge is 2.16. The van der Waals surface area contributed by atoms with E-state index in [4.69, 9.17) is 4.42 Å². The predicted molar refractivity (Wildman–Crippen MR) is 42.4 cm³/mol. The van der Waals surface area contributed by atoms with Crippen molar-refractivity contribution in [1.82, 2.24) is 0 Å². The van der Waals surface area contributed by atoms with E-state index in [0.717, 1.165) is 12.0 Å². The summed E-state index contributed by atoms with van der Waals surface area (Å²) in [7, 11) is 0. The summed E-state index contributed by atoms with van der Waals surface area (Å²) < 4.78 is 5.12. The molecular weight excluding hydrogens is 140 g/mol. The van der Waals surface area contributed by atoms with Crippen molar-refractivity contribution in [2.24, 2.45) is 5.92 Å². The molecule has 0 spiro atoms.